The van der Waals surface area contributed by atoms with Crippen molar-refractivity contribution in [1.82, 2.24) is 0 Å². The monoisotopic (exact) mass is 216 g/mol. The summed E-state index contributed by atoms with van der Waals surface area (Å²) in [6, 6.07) is 2.86. The van der Waals surface area contributed by atoms with Gasteiger partial charge in [0.05, 0.1) is 14.2 Å². The van der Waals surface area contributed by atoms with E-state index in [0.29, 0.717) is 5.75 Å². The molecule has 0 fully saturated rings. The van der Waals surface area contributed by atoms with Gasteiger partial charge in [-0.05, 0) is 12.1 Å². The second-order valence-corrected chi connectivity index (χ2v) is 2.85. The van der Waals surface area contributed by atoms with Crippen molar-refractivity contribution in [3.63, 3.8) is 0 Å². The van der Waals surface area contributed by atoms with Gasteiger partial charge in [0.2, 0.25) is 0 Å². The smallest absolute Gasteiger partial charge is 0.339 e. The summed E-state index contributed by atoms with van der Waals surface area (Å²) in [7, 11) is 2.80. The Labute approximate surface area is 86.0 Å². The quantitative estimate of drug-likeness (QED) is 0.840. The number of hydrogen-bond donors (Lipinski definition) is 1. The summed E-state index contributed by atoms with van der Waals surface area (Å²) in [5.41, 5.74) is 0.0123. The van der Waals surface area contributed by atoms with Crippen molar-refractivity contribution in [2.24, 2.45) is 0 Å². The average Bonchev–Trinajstić information content (AvgIpc) is 2.17. The number of aromatic carboxylic acids is 1. The molecule has 1 aromatic rings. The first kappa shape index (κ1) is 10.7. The Kier molecular flexibility index (Phi) is 3.19. The Hall–Kier alpha value is -1.42. The Balaban J connectivity index is 3.35. The number of halogens is 1. The predicted molar refractivity (Wildman–Crippen MR) is 51.5 cm³/mol. The van der Waals surface area contributed by atoms with Crippen LogP contribution in [0.5, 0.6) is 11.5 Å². The summed E-state index contributed by atoms with van der Waals surface area (Å²) < 4.78 is 9.80. The first-order valence-corrected chi connectivity index (χ1v) is 4.13. The van der Waals surface area contributed by atoms with Gasteiger partial charge >= 0.3 is 5.97 Å². The van der Waals surface area contributed by atoms with Gasteiger partial charge in [-0.25, -0.2) is 4.79 Å². The van der Waals surface area contributed by atoms with Crippen LogP contribution in [0.4, 0.5) is 0 Å². The third-order valence-electron chi connectivity index (χ3n) is 1.72. The van der Waals surface area contributed by atoms with E-state index in [1.807, 2.05) is 0 Å². The van der Waals surface area contributed by atoms with E-state index in [9.17, 15) is 4.79 Å². The minimum Gasteiger partial charge on any atom is -0.495 e. The Morgan fingerprint density at radius 3 is 2.43 bits per heavy atom. The highest BCUT2D eigenvalue weighted by Crippen LogP contribution is 2.36. The molecule has 0 aliphatic carbocycles. The number of methoxy groups -OCH3 is 2. The largest absolute Gasteiger partial charge is 0.495 e. The summed E-state index contributed by atoms with van der Waals surface area (Å²) in [6.45, 7) is 0. The molecule has 5 heteroatoms. The Bertz CT molecular complexity index is 362. The fourth-order valence-corrected chi connectivity index (χ4v) is 1.38. The highest BCUT2D eigenvalue weighted by molar-refractivity contribution is 6.34. The molecule has 0 unspecified atom stereocenters. The number of benzene rings is 1. The minimum absolute atomic E-state index is 0.0123. The molecule has 0 radical (unpaired) electrons. The number of rotatable bonds is 3. The molecule has 0 aromatic heterocycles. The summed E-state index contributed by atoms with van der Waals surface area (Å²) in [5, 5.41) is 8.97. The molecule has 76 valence electrons. The van der Waals surface area contributed by atoms with Crippen LogP contribution in [0.3, 0.4) is 0 Å². The number of hydrogen-bond acceptors (Lipinski definition) is 3. The summed E-state index contributed by atoms with van der Waals surface area (Å²) in [5.74, 6) is -0.599. The van der Waals surface area contributed by atoms with Gasteiger partial charge < -0.3 is 14.6 Å². The van der Waals surface area contributed by atoms with Gasteiger partial charge in [-0.15, -0.1) is 0 Å². The molecule has 0 aliphatic rings. The SMILES string of the molecule is COc1ccc(C(=O)O)c(OC)c1Cl. The maximum absolute atomic E-state index is 10.8. The molecule has 0 bridgehead atoms. The van der Waals surface area contributed by atoms with E-state index in [1.54, 1.807) is 0 Å². The van der Waals surface area contributed by atoms with Crippen LogP contribution < -0.4 is 9.47 Å². The first-order chi connectivity index (χ1) is 6.61. The zero-order chi connectivity index (χ0) is 10.7. The molecule has 0 saturated heterocycles. The lowest BCUT2D eigenvalue weighted by Gasteiger charge is -2.10. The molecule has 0 spiro atoms. The molecule has 0 atom stereocenters. The number of ether oxygens (including phenoxy) is 2. The van der Waals surface area contributed by atoms with Crippen molar-refractivity contribution in [1.29, 1.82) is 0 Å². The summed E-state index contributed by atoms with van der Waals surface area (Å²) in [4.78, 5) is 10.8. The normalized spacial score (nSPS) is 9.64. The van der Waals surface area contributed by atoms with Gasteiger partial charge in [-0.3, -0.25) is 0 Å². The molecular formula is C9H9ClO4. The van der Waals surface area contributed by atoms with Crippen LogP contribution in [0.2, 0.25) is 5.02 Å². The lowest BCUT2D eigenvalue weighted by molar-refractivity contribution is 0.0693. The molecule has 0 aliphatic heterocycles. The van der Waals surface area contributed by atoms with Crippen LogP contribution in [0.1, 0.15) is 10.4 Å². The van der Waals surface area contributed by atoms with Crippen molar-refractivity contribution in [2.75, 3.05) is 14.2 Å². The van der Waals surface area contributed by atoms with Crippen LogP contribution in [-0.2, 0) is 0 Å². The fourth-order valence-electron chi connectivity index (χ4n) is 1.06. The summed E-state index contributed by atoms with van der Waals surface area (Å²) >= 11 is 5.84. The molecule has 1 rings (SSSR count). The van der Waals surface area contributed by atoms with Gasteiger partial charge in [-0.1, -0.05) is 11.6 Å². The topological polar surface area (TPSA) is 55.8 Å². The number of carboxylic acid groups (broad SMARTS) is 1. The van der Waals surface area contributed by atoms with Crippen LogP contribution in [0, 0.1) is 0 Å². The number of carboxylic acids is 1. The molecule has 1 N–H and O–H groups in total. The highest BCUT2D eigenvalue weighted by Gasteiger charge is 2.17. The van der Waals surface area contributed by atoms with Crippen molar-refractivity contribution in [2.45, 2.75) is 0 Å². The zero-order valence-corrected chi connectivity index (χ0v) is 8.46. The van der Waals surface area contributed by atoms with Gasteiger partial charge in [0, 0.05) is 0 Å². The minimum atomic E-state index is -1.09. The van der Waals surface area contributed by atoms with Crippen molar-refractivity contribution in [3.8, 4) is 11.5 Å². The maximum atomic E-state index is 10.8. The van der Waals surface area contributed by atoms with Gasteiger partial charge in [0.1, 0.15) is 16.3 Å². The van der Waals surface area contributed by atoms with Crippen LogP contribution in [-0.4, -0.2) is 25.3 Å². The van der Waals surface area contributed by atoms with Gasteiger partial charge in [0.25, 0.3) is 0 Å². The fraction of sp³-hybridized carbons (Fsp3) is 0.222. The Morgan fingerprint density at radius 2 is 2.00 bits per heavy atom. The van der Waals surface area contributed by atoms with Gasteiger partial charge in [-0.2, -0.15) is 0 Å². The van der Waals surface area contributed by atoms with E-state index >= 15 is 0 Å². The highest BCUT2D eigenvalue weighted by atomic mass is 35.5. The van der Waals surface area contributed by atoms with E-state index in [-0.39, 0.29) is 16.3 Å². The van der Waals surface area contributed by atoms with E-state index < -0.39 is 5.97 Å². The zero-order valence-electron chi connectivity index (χ0n) is 7.70. The molecule has 1 aromatic carbocycles. The van der Waals surface area contributed by atoms with E-state index in [2.05, 4.69) is 0 Å². The second-order valence-electron chi connectivity index (χ2n) is 2.47. The van der Waals surface area contributed by atoms with Crippen LogP contribution in [0.25, 0.3) is 0 Å². The third kappa shape index (κ3) is 1.75. The molecule has 14 heavy (non-hydrogen) atoms. The van der Waals surface area contributed by atoms with Crippen LogP contribution in [0.15, 0.2) is 12.1 Å². The predicted octanol–water partition coefficient (Wildman–Crippen LogP) is 2.06. The molecular weight excluding hydrogens is 208 g/mol. The number of carbonyl (C=O) groups is 1. The van der Waals surface area contributed by atoms with Gasteiger partial charge in [0.15, 0.2) is 5.75 Å². The van der Waals surface area contributed by atoms with E-state index in [4.69, 9.17) is 26.2 Å². The first-order valence-electron chi connectivity index (χ1n) is 3.75. The van der Waals surface area contributed by atoms with Crippen molar-refractivity contribution >= 4 is 17.6 Å². The molecule has 4 nitrogen and oxygen atoms in total. The maximum Gasteiger partial charge on any atom is 0.339 e. The van der Waals surface area contributed by atoms with Crippen LogP contribution >= 0.6 is 11.6 Å². The third-order valence-corrected chi connectivity index (χ3v) is 2.07. The lowest BCUT2D eigenvalue weighted by atomic mass is 10.2. The molecule has 0 amide bonds. The average molecular weight is 217 g/mol. The molecule has 0 heterocycles. The lowest BCUT2D eigenvalue weighted by Crippen LogP contribution is -2.01. The van der Waals surface area contributed by atoms with E-state index in [1.165, 1.54) is 26.4 Å². The standard InChI is InChI=1S/C9H9ClO4/c1-13-6-4-3-5(9(11)12)8(14-2)7(6)10/h3-4H,1-2H3,(H,11,12). The molecule has 0 saturated carbocycles. The second kappa shape index (κ2) is 4.19. The Morgan fingerprint density at radius 1 is 1.36 bits per heavy atom. The van der Waals surface area contributed by atoms with Crippen molar-refractivity contribution < 1.29 is 19.4 Å². The summed E-state index contributed by atoms with van der Waals surface area (Å²) in [6.07, 6.45) is 0. The van der Waals surface area contributed by atoms with Crippen molar-refractivity contribution in [3.05, 3.63) is 22.7 Å². The van der Waals surface area contributed by atoms with E-state index in [0.717, 1.165) is 0 Å².